The highest BCUT2D eigenvalue weighted by Gasteiger charge is 1.71. The molecule has 0 spiro atoms. The largest absolute Gasteiger partial charge is 0.0988 e. The molecule has 0 unspecified atom stereocenters. The average molecular weight is 122 g/mol. The summed E-state index contributed by atoms with van der Waals surface area (Å²) in [5.74, 6) is 0. The first-order valence-electron chi connectivity index (χ1n) is 3.27. The van der Waals surface area contributed by atoms with Crippen molar-refractivity contribution in [2.45, 2.75) is 20.3 Å². The van der Waals surface area contributed by atoms with E-state index in [1.165, 1.54) is 5.57 Å². The Labute approximate surface area is 57.6 Å². The molecule has 0 heteroatoms. The molecule has 0 aromatic heterocycles. The number of rotatable bonds is 3. The summed E-state index contributed by atoms with van der Waals surface area (Å²) in [6.45, 7) is 7.79. The predicted molar refractivity (Wildman–Crippen MR) is 43.4 cm³/mol. The van der Waals surface area contributed by atoms with Gasteiger partial charge in [-0.3, -0.25) is 0 Å². The average Bonchev–Trinajstić information content (AvgIpc) is 1.89. The van der Waals surface area contributed by atoms with E-state index in [0.29, 0.717) is 0 Å². The second-order valence-electron chi connectivity index (χ2n) is 1.95. The molecule has 0 saturated heterocycles. The Balaban J connectivity index is 3.68. The van der Waals surface area contributed by atoms with Gasteiger partial charge in [-0.05, 0) is 13.3 Å². The Morgan fingerprint density at radius 2 is 2.22 bits per heavy atom. The maximum Gasteiger partial charge on any atom is -0.0376 e. The van der Waals surface area contributed by atoms with E-state index in [0.717, 1.165) is 6.42 Å². The van der Waals surface area contributed by atoms with E-state index in [1.54, 1.807) is 0 Å². The van der Waals surface area contributed by atoms with Crippen molar-refractivity contribution in [1.29, 1.82) is 0 Å². The molecular weight excluding hydrogens is 108 g/mol. The lowest BCUT2D eigenvalue weighted by Gasteiger charge is -1.82. The third-order valence-electron chi connectivity index (χ3n) is 1.05. The van der Waals surface area contributed by atoms with Gasteiger partial charge in [0.15, 0.2) is 0 Å². The molecule has 9 heavy (non-hydrogen) atoms. The highest BCUT2D eigenvalue weighted by atomic mass is 13.8. The lowest BCUT2D eigenvalue weighted by atomic mass is 10.2. The Morgan fingerprint density at radius 1 is 1.56 bits per heavy atom. The van der Waals surface area contributed by atoms with Crippen LogP contribution in [0.5, 0.6) is 0 Å². The number of allylic oxidation sites excluding steroid dienone is 5. The fourth-order valence-electron chi connectivity index (χ4n) is 0.424. The number of hydrogen-bond donors (Lipinski definition) is 0. The molecule has 0 fully saturated rings. The van der Waals surface area contributed by atoms with Crippen molar-refractivity contribution < 1.29 is 0 Å². The molecule has 0 saturated carbocycles. The maximum atomic E-state index is 3.64. The van der Waals surface area contributed by atoms with Gasteiger partial charge < -0.3 is 0 Å². The molecule has 0 radical (unpaired) electrons. The van der Waals surface area contributed by atoms with Crippen LogP contribution < -0.4 is 0 Å². The first-order valence-corrected chi connectivity index (χ1v) is 3.27. The smallest absolute Gasteiger partial charge is 0.0376 e. The fraction of sp³-hybridized carbons (Fsp3) is 0.333. The van der Waals surface area contributed by atoms with Crippen molar-refractivity contribution in [1.82, 2.24) is 0 Å². The zero-order valence-electron chi connectivity index (χ0n) is 6.22. The van der Waals surface area contributed by atoms with Crippen LogP contribution in [-0.4, -0.2) is 0 Å². The highest BCUT2D eigenvalue weighted by Crippen LogP contribution is 1.92. The standard InChI is InChI=1S/C9H14/c1-4-6-7-8-9(3)5-2/h5-8H,2,4H2,1,3H3/b7-6?,9-8-. The summed E-state index contributed by atoms with van der Waals surface area (Å²) in [6, 6.07) is 0. The van der Waals surface area contributed by atoms with Crippen LogP contribution in [0.15, 0.2) is 36.5 Å². The van der Waals surface area contributed by atoms with E-state index in [-0.39, 0.29) is 0 Å². The monoisotopic (exact) mass is 122 g/mol. The Bertz CT molecular complexity index is 127. The zero-order chi connectivity index (χ0) is 7.11. The van der Waals surface area contributed by atoms with E-state index in [2.05, 4.69) is 31.7 Å². The molecule has 0 atom stereocenters. The third kappa shape index (κ3) is 5.09. The van der Waals surface area contributed by atoms with Gasteiger partial charge in [-0.2, -0.15) is 0 Å². The van der Waals surface area contributed by atoms with E-state index >= 15 is 0 Å². The van der Waals surface area contributed by atoms with E-state index < -0.39 is 0 Å². The van der Waals surface area contributed by atoms with Crippen molar-refractivity contribution in [2.75, 3.05) is 0 Å². The quantitative estimate of drug-likeness (QED) is 0.504. The topological polar surface area (TPSA) is 0 Å². The van der Waals surface area contributed by atoms with Crippen LogP contribution in [0.25, 0.3) is 0 Å². The van der Waals surface area contributed by atoms with Crippen molar-refractivity contribution in [3.8, 4) is 0 Å². The van der Waals surface area contributed by atoms with Gasteiger partial charge in [-0.1, -0.05) is 43.4 Å². The van der Waals surface area contributed by atoms with Crippen molar-refractivity contribution in [3.63, 3.8) is 0 Å². The molecule has 0 N–H and O–H groups in total. The van der Waals surface area contributed by atoms with Gasteiger partial charge in [0.05, 0.1) is 0 Å². The van der Waals surface area contributed by atoms with Crippen LogP contribution in [0.1, 0.15) is 20.3 Å². The van der Waals surface area contributed by atoms with Crippen LogP contribution in [0.2, 0.25) is 0 Å². The van der Waals surface area contributed by atoms with Crippen molar-refractivity contribution in [3.05, 3.63) is 36.5 Å². The molecule has 0 amide bonds. The minimum absolute atomic E-state index is 1.10. The van der Waals surface area contributed by atoms with Crippen LogP contribution in [0, 0.1) is 0 Å². The Hall–Kier alpha value is -0.780. The second-order valence-corrected chi connectivity index (χ2v) is 1.95. The van der Waals surface area contributed by atoms with E-state index in [4.69, 9.17) is 0 Å². The minimum atomic E-state index is 1.10. The molecule has 0 aliphatic rings. The van der Waals surface area contributed by atoms with Gasteiger partial charge in [0.2, 0.25) is 0 Å². The van der Waals surface area contributed by atoms with Crippen molar-refractivity contribution in [2.24, 2.45) is 0 Å². The van der Waals surface area contributed by atoms with Crippen LogP contribution in [0.4, 0.5) is 0 Å². The summed E-state index contributed by atoms with van der Waals surface area (Å²) in [5, 5.41) is 0. The number of hydrogen-bond acceptors (Lipinski definition) is 0. The summed E-state index contributed by atoms with van der Waals surface area (Å²) in [6.07, 6.45) is 9.17. The Morgan fingerprint density at radius 3 is 2.67 bits per heavy atom. The molecule has 0 nitrogen and oxygen atoms in total. The van der Waals surface area contributed by atoms with Gasteiger partial charge in [-0.25, -0.2) is 0 Å². The molecule has 0 heterocycles. The summed E-state index contributed by atoms with van der Waals surface area (Å²) in [4.78, 5) is 0. The first-order chi connectivity index (χ1) is 4.31. The zero-order valence-corrected chi connectivity index (χ0v) is 6.22. The molecule has 50 valence electrons. The third-order valence-corrected chi connectivity index (χ3v) is 1.05. The predicted octanol–water partition coefficient (Wildman–Crippen LogP) is 3.08. The van der Waals surface area contributed by atoms with Crippen molar-refractivity contribution >= 4 is 0 Å². The summed E-state index contributed by atoms with van der Waals surface area (Å²) in [7, 11) is 0. The molecule has 0 rings (SSSR count). The fourth-order valence-corrected chi connectivity index (χ4v) is 0.424. The molecule has 0 bridgehead atoms. The van der Waals surface area contributed by atoms with Gasteiger partial charge in [0.1, 0.15) is 0 Å². The van der Waals surface area contributed by atoms with Gasteiger partial charge in [-0.15, -0.1) is 0 Å². The van der Waals surface area contributed by atoms with Gasteiger partial charge in [0, 0.05) is 0 Å². The molecule has 0 aliphatic carbocycles. The molecule has 0 aliphatic heterocycles. The molecule has 0 aromatic rings. The lowest BCUT2D eigenvalue weighted by Crippen LogP contribution is -1.61. The van der Waals surface area contributed by atoms with Gasteiger partial charge in [0.25, 0.3) is 0 Å². The van der Waals surface area contributed by atoms with Crippen LogP contribution >= 0.6 is 0 Å². The van der Waals surface area contributed by atoms with E-state index in [9.17, 15) is 0 Å². The highest BCUT2D eigenvalue weighted by molar-refractivity contribution is 5.19. The Kier molecular flexibility index (Phi) is 4.89. The van der Waals surface area contributed by atoms with E-state index in [1.807, 2.05) is 13.0 Å². The SMILES string of the molecule is C=C/C(C)=C\C=CCC. The summed E-state index contributed by atoms with van der Waals surface area (Å²) >= 11 is 0. The maximum absolute atomic E-state index is 3.64. The second kappa shape index (κ2) is 5.36. The van der Waals surface area contributed by atoms with Crippen LogP contribution in [0.3, 0.4) is 0 Å². The minimum Gasteiger partial charge on any atom is -0.0988 e. The first kappa shape index (κ1) is 8.22. The van der Waals surface area contributed by atoms with Crippen LogP contribution in [-0.2, 0) is 0 Å². The molecular formula is C9H14. The molecule has 0 aromatic carbocycles. The summed E-state index contributed by atoms with van der Waals surface area (Å²) < 4.78 is 0. The normalized spacial score (nSPS) is 12.4. The van der Waals surface area contributed by atoms with Gasteiger partial charge >= 0.3 is 0 Å². The lowest BCUT2D eigenvalue weighted by molar-refractivity contribution is 1.22. The summed E-state index contributed by atoms with van der Waals surface area (Å²) in [5.41, 5.74) is 1.21.